The van der Waals surface area contributed by atoms with Crippen LogP contribution in [0, 0.1) is 11.3 Å². The number of carbonyl (C=O) groups is 2. The Bertz CT molecular complexity index is 921. The molecule has 0 spiro atoms. The molecular formula is C20H19ClN2O6. The molecule has 0 aliphatic heterocycles. The van der Waals surface area contributed by atoms with Gasteiger partial charge in [0.25, 0.3) is 0 Å². The number of ether oxygens (including phenoxy) is 2. The lowest BCUT2D eigenvalue weighted by Crippen LogP contribution is -2.05. The summed E-state index contributed by atoms with van der Waals surface area (Å²) in [5, 5.41) is 28.3. The third-order valence-corrected chi connectivity index (χ3v) is 3.50. The second-order valence-electron chi connectivity index (χ2n) is 5.38. The highest BCUT2D eigenvalue weighted by molar-refractivity contribution is 6.30. The minimum Gasteiger partial charge on any atom is -0.493 e. The number of aliphatic carboxylic acids is 2. The van der Waals surface area contributed by atoms with Gasteiger partial charge in [0.2, 0.25) is 0 Å². The zero-order valence-electron chi connectivity index (χ0n) is 15.7. The van der Waals surface area contributed by atoms with Gasteiger partial charge in [0.1, 0.15) is 11.8 Å². The quantitative estimate of drug-likeness (QED) is 0.583. The van der Waals surface area contributed by atoms with Gasteiger partial charge in [-0.2, -0.15) is 5.26 Å². The second-order valence-corrected chi connectivity index (χ2v) is 5.82. The monoisotopic (exact) mass is 418 g/mol. The number of carboxylic acid groups (broad SMARTS) is 2. The van der Waals surface area contributed by atoms with E-state index in [-0.39, 0.29) is 0 Å². The number of hydrogen-bond donors (Lipinski definition) is 3. The molecule has 3 N–H and O–H groups in total. The predicted octanol–water partition coefficient (Wildman–Crippen LogP) is 3.44. The number of nitrogens with one attached hydrogen (secondary N) is 1. The van der Waals surface area contributed by atoms with Gasteiger partial charge in [-0.1, -0.05) is 17.7 Å². The van der Waals surface area contributed by atoms with Gasteiger partial charge in [-0.3, -0.25) is 0 Å². The lowest BCUT2D eigenvalue weighted by Gasteiger charge is -2.13. The smallest absolute Gasteiger partial charge is 0.328 e. The summed E-state index contributed by atoms with van der Waals surface area (Å²) in [6, 6.07) is 12.6. The van der Waals surface area contributed by atoms with Gasteiger partial charge in [-0.15, -0.1) is 0 Å². The number of nitriles is 1. The number of carboxylic acids is 2. The predicted molar refractivity (Wildman–Crippen MR) is 106 cm³/mol. The van der Waals surface area contributed by atoms with Crippen molar-refractivity contribution in [1.82, 2.24) is 5.32 Å². The average Bonchev–Trinajstić information content (AvgIpc) is 2.68. The van der Waals surface area contributed by atoms with E-state index >= 15 is 0 Å². The zero-order chi connectivity index (χ0) is 21.8. The van der Waals surface area contributed by atoms with Crippen molar-refractivity contribution < 1.29 is 29.3 Å². The molecular weight excluding hydrogens is 400 g/mol. The van der Waals surface area contributed by atoms with E-state index in [4.69, 9.17) is 36.5 Å². The molecule has 0 aromatic heterocycles. The molecule has 0 saturated heterocycles. The third kappa shape index (κ3) is 8.34. The van der Waals surface area contributed by atoms with E-state index in [0.29, 0.717) is 40.0 Å². The molecule has 0 bridgehead atoms. The molecule has 2 rings (SSSR count). The second kappa shape index (κ2) is 12.0. The van der Waals surface area contributed by atoms with E-state index in [0.717, 1.165) is 12.1 Å². The van der Waals surface area contributed by atoms with Crippen molar-refractivity contribution in [2.45, 2.75) is 6.54 Å². The molecule has 0 aliphatic carbocycles. The minimum atomic E-state index is -1.26. The van der Waals surface area contributed by atoms with Gasteiger partial charge in [0, 0.05) is 29.8 Å². The summed E-state index contributed by atoms with van der Waals surface area (Å²) in [7, 11) is 3.45. The maximum atomic E-state index is 9.55. The van der Waals surface area contributed by atoms with Crippen LogP contribution >= 0.6 is 11.6 Å². The summed E-state index contributed by atoms with van der Waals surface area (Å²) in [5.74, 6) is -0.966. The molecule has 0 saturated carbocycles. The van der Waals surface area contributed by atoms with Gasteiger partial charge in [-0.25, -0.2) is 9.59 Å². The van der Waals surface area contributed by atoms with Crippen LogP contribution in [0.2, 0.25) is 5.02 Å². The fraction of sp³-hybridized carbons (Fsp3) is 0.150. The maximum absolute atomic E-state index is 9.55. The highest BCUT2D eigenvalue weighted by Crippen LogP contribution is 2.34. The average molecular weight is 419 g/mol. The Balaban J connectivity index is 0.000000447. The van der Waals surface area contributed by atoms with Crippen molar-refractivity contribution in [2.24, 2.45) is 0 Å². The van der Waals surface area contributed by atoms with E-state index in [9.17, 15) is 9.59 Å². The van der Waals surface area contributed by atoms with Crippen molar-refractivity contribution in [3.8, 4) is 23.3 Å². The Morgan fingerprint density at radius 1 is 1.10 bits per heavy atom. The molecule has 0 heterocycles. The number of halogens is 1. The van der Waals surface area contributed by atoms with Gasteiger partial charge >= 0.3 is 11.9 Å². The first-order valence-electron chi connectivity index (χ1n) is 8.13. The summed E-state index contributed by atoms with van der Waals surface area (Å²) in [6.07, 6.45) is 1.12. The summed E-state index contributed by atoms with van der Waals surface area (Å²) in [6.45, 7) is 0.733. The number of rotatable bonds is 7. The van der Waals surface area contributed by atoms with Crippen LogP contribution in [0.1, 0.15) is 11.1 Å². The Morgan fingerprint density at radius 2 is 1.76 bits per heavy atom. The fourth-order valence-electron chi connectivity index (χ4n) is 2.04. The van der Waals surface area contributed by atoms with Crippen molar-refractivity contribution in [3.05, 3.63) is 64.7 Å². The van der Waals surface area contributed by atoms with Gasteiger partial charge in [0.05, 0.1) is 12.7 Å². The maximum Gasteiger partial charge on any atom is 0.328 e. The molecule has 0 amide bonds. The molecule has 0 radical (unpaired) electrons. The van der Waals surface area contributed by atoms with Gasteiger partial charge in [0.15, 0.2) is 11.5 Å². The van der Waals surface area contributed by atoms with E-state index in [1.807, 2.05) is 25.2 Å². The summed E-state index contributed by atoms with van der Waals surface area (Å²) in [4.78, 5) is 19.1. The van der Waals surface area contributed by atoms with Crippen molar-refractivity contribution in [3.63, 3.8) is 0 Å². The number of methoxy groups -OCH3 is 1. The van der Waals surface area contributed by atoms with Crippen LogP contribution in [0.3, 0.4) is 0 Å². The van der Waals surface area contributed by atoms with E-state index < -0.39 is 11.9 Å². The summed E-state index contributed by atoms with van der Waals surface area (Å²) < 4.78 is 11.1. The van der Waals surface area contributed by atoms with Crippen LogP contribution in [0.4, 0.5) is 0 Å². The molecule has 0 unspecified atom stereocenters. The molecule has 9 heteroatoms. The molecule has 0 fully saturated rings. The molecule has 152 valence electrons. The lowest BCUT2D eigenvalue weighted by atomic mass is 10.2. The number of benzene rings is 2. The molecule has 8 nitrogen and oxygen atoms in total. The molecule has 0 atom stereocenters. The zero-order valence-corrected chi connectivity index (χ0v) is 16.4. The first-order valence-corrected chi connectivity index (χ1v) is 8.51. The van der Waals surface area contributed by atoms with Gasteiger partial charge in [-0.05, 0) is 36.9 Å². The summed E-state index contributed by atoms with van der Waals surface area (Å²) in [5.41, 5.74) is 1.49. The fourth-order valence-corrected chi connectivity index (χ4v) is 2.21. The molecule has 2 aromatic rings. The first kappa shape index (κ1) is 23.5. The number of hydrogen-bond acceptors (Lipinski definition) is 6. The Morgan fingerprint density at radius 3 is 2.28 bits per heavy atom. The van der Waals surface area contributed by atoms with Crippen LogP contribution in [0.5, 0.6) is 17.2 Å². The topological polar surface area (TPSA) is 129 Å². The highest BCUT2D eigenvalue weighted by atomic mass is 35.5. The van der Waals surface area contributed by atoms with Crippen LogP contribution < -0.4 is 14.8 Å². The van der Waals surface area contributed by atoms with Crippen molar-refractivity contribution in [2.75, 3.05) is 14.2 Å². The van der Waals surface area contributed by atoms with Gasteiger partial charge < -0.3 is 25.0 Å². The van der Waals surface area contributed by atoms with Crippen molar-refractivity contribution >= 4 is 23.5 Å². The van der Waals surface area contributed by atoms with E-state index in [2.05, 4.69) is 11.4 Å². The van der Waals surface area contributed by atoms with Crippen LogP contribution in [0.15, 0.2) is 48.6 Å². The van der Waals surface area contributed by atoms with Crippen LogP contribution in [0.25, 0.3) is 0 Å². The largest absolute Gasteiger partial charge is 0.493 e. The molecule has 29 heavy (non-hydrogen) atoms. The highest BCUT2D eigenvalue weighted by Gasteiger charge is 2.10. The van der Waals surface area contributed by atoms with E-state index in [1.165, 1.54) is 0 Å². The minimum absolute atomic E-state index is 0.407. The first-order chi connectivity index (χ1) is 13.8. The number of nitrogens with zero attached hydrogens (tertiary/aromatic N) is 1. The Labute approximate surface area is 172 Å². The van der Waals surface area contributed by atoms with Crippen LogP contribution in [-0.2, 0) is 16.1 Å². The molecule has 0 aliphatic rings. The lowest BCUT2D eigenvalue weighted by molar-refractivity contribution is -0.134. The third-order valence-electron chi connectivity index (χ3n) is 3.26. The SMILES string of the molecule is CNCc1ccc(Oc2cc(Cl)ccc2C#N)c(OC)c1.O=C(O)C=CC(=O)O. The Hall–Kier alpha value is -3.54. The van der Waals surface area contributed by atoms with Crippen molar-refractivity contribution in [1.29, 1.82) is 5.26 Å². The summed E-state index contributed by atoms with van der Waals surface area (Å²) >= 11 is 5.95. The van der Waals surface area contributed by atoms with E-state index in [1.54, 1.807) is 25.3 Å². The standard InChI is InChI=1S/C16H15ClN2O2.C4H4O4/c1-19-10-11-3-6-14(16(7-11)20-2)21-15-8-13(17)5-4-12(15)9-18;5-3(6)1-2-4(7)8/h3-8,19H,10H2,1-2H3;1-2H,(H,5,6)(H,7,8). The Kier molecular flexibility index (Phi) is 9.74. The van der Waals surface area contributed by atoms with Crippen LogP contribution in [-0.4, -0.2) is 36.3 Å². The normalized spacial score (nSPS) is 9.86. The molecule has 2 aromatic carbocycles.